The van der Waals surface area contributed by atoms with Crippen LogP contribution in [-0.2, 0) is 4.74 Å². The van der Waals surface area contributed by atoms with E-state index in [1.54, 1.807) is 11.3 Å². The molecule has 96 valence electrons. The highest BCUT2D eigenvalue weighted by molar-refractivity contribution is 7.07. The number of nitrogens with two attached hydrogens (primary N) is 1. The quantitative estimate of drug-likeness (QED) is 0.899. The Morgan fingerprint density at radius 1 is 1.53 bits per heavy atom. The first-order valence-corrected chi connectivity index (χ1v) is 7.09. The molecule has 2 atom stereocenters. The van der Waals surface area contributed by atoms with E-state index in [4.69, 9.17) is 10.5 Å². The van der Waals surface area contributed by atoms with Crippen molar-refractivity contribution in [1.29, 1.82) is 0 Å². The van der Waals surface area contributed by atoms with Crippen LogP contribution in [0.25, 0.3) is 0 Å². The number of morpholine rings is 1. The molecule has 0 saturated carbocycles. The number of hydrogen-bond acceptors (Lipinski definition) is 4. The lowest BCUT2D eigenvalue weighted by molar-refractivity contribution is -0.0765. The fourth-order valence-electron chi connectivity index (χ4n) is 2.60. The number of thiophene rings is 1. The molecule has 0 aliphatic carbocycles. The van der Waals surface area contributed by atoms with E-state index >= 15 is 0 Å². The van der Waals surface area contributed by atoms with Crippen LogP contribution in [0.4, 0.5) is 0 Å². The highest BCUT2D eigenvalue weighted by Gasteiger charge is 2.37. The predicted molar refractivity (Wildman–Crippen MR) is 72.3 cm³/mol. The highest BCUT2D eigenvalue weighted by Crippen LogP contribution is 2.33. The predicted octanol–water partition coefficient (Wildman–Crippen LogP) is 2.25. The van der Waals surface area contributed by atoms with Crippen molar-refractivity contribution in [2.24, 2.45) is 5.73 Å². The zero-order valence-corrected chi connectivity index (χ0v) is 11.7. The smallest absolute Gasteiger partial charge is 0.0645 e. The molecule has 0 amide bonds. The zero-order valence-electron chi connectivity index (χ0n) is 10.8. The summed E-state index contributed by atoms with van der Waals surface area (Å²) in [7, 11) is 0. The second kappa shape index (κ2) is 5.06. The van der Waals surface area contributed by atoms with Gasteiger partial charge in [0.15, 0.2) is 0 Å². The van der Waals surface area contributed by atoms with Gasteiger partial charge in [0.05, 0.1) is 19.3 Å². The van der Waals surface area contributed by atoms with Gasteiger partial charge >= 0.3 is 0 Å². The Kier molecular flexibility index (Phi) is 3.88. The van der Waals surface area contributed by atoms with E-state index in [-0.39, 0.29) is 11.6 Å². The standard InChI is InChI=1S/C13H22N2OS/c1-10(14)12(11-4-7-17-8-11)15-5-6-16-9-13(15,2)3/h4,7-8,10,12H,5-6,9,14H2,1-3H3. The maximum absolute atomic E-state index is 6.20. The normalized spacial score (nSPS) is 24.5. The van der Waals surface area contributed by atoms with Crippen LogP contribution in [0.1, 0.15) is 32.4 Å². The van der Waals surface area contributed by atoms with E-state index in [2.05, 4.69) is 42.5 Å². The van der Waals surface area contributed by atoms with Gasteiger partial charge in [-0.1, -0.05) is 0 Å². The third-order valence-corrected chi connectivity index (χ3v) is 4.13. The molecule has 2 unspecified atom stereocenters. The van der Waals surface area contributed by atoms with Crippen LogP contribution in [-0.4, -0.2) is 36.2 Å². The van der Waals surface area contributed by atoms with Crippen LogP contribution >= 0.6 is 11.3 Å². The highest BCUT2D eigenvalue weighted by atomic mass is 32.1. The van der Waals surface area contributed by atoms with Gasteiger partial charge in [-0.25, -0.2) is 0 Å². The van der Waals surface area contributed by atoms with Crippen molar-refractivity contribution in [3.8, 4) is 0 Å². The number of hydrogen-bond donors (Lipinski definition) is 1. The summed E-state index contributed by atoms with van der Waals surface area (Å²) in [5.41, 5.74) is 7.59. The maximum Gasteiger partial charge on any atom is 0.0645 e. The Hall–Kier alpha value is -0.420. The van der Waals surface area contributed by atoms with Crippen molar-refractivity contribution >= 4 is 11.3 Å². The molecule has 3 nitrogen and oxygen atoms in total. The molecule has 0 spiro atoms. The van der Waals surface area contributed by atoms with E-state index in [0.717, 1.165) is 19.8 Å². The molecular weight excluding hydrogens is 232 g/mol. The van der Waals surface area contributed by atoms with E-state index in [1.165, 1.54) is 5.56 Å². The van der Waals surface area contributed by atoms with E-state index in [9.17, 15) is 0 Å². The Balaban J connectivity index is 2.27. The molecule has 1 fully saturated rings. The molecule has 2 heterocycles. The van der Waals surface area contributed by atoms with Crippen molar-refractivity contribution in [1.82, 2.24) is 4.90 Å². The van der Waals surface area contributed by atoms with Crippen LogP contribution in [0.5, 0.6) is 0 Å². The van der Waals surface area contributed by atoms with E-state index in [1.807, 2.05) is 0 Å². The van der Waals surface area contributed by atoms with Gasteiger partial charge in [0, 0.05) is 18.1 Å². The lowest BCUT2D eigenvalue weighted by Gasteiger charge is -2.47. The van der Waals surface area contributed by atoms with Crippen LogP contribution in [0, 0.1) is 0 Å². The minimum absolute atomic E-state index is 0.0541. The summed E-state index contributed by atoms with van der Waals surface area (Å²) >= 11 is 1.74. The molecule has 0 radical (unpaired) electrons. The second-order valence-electron chi connectivity index (χ2n) is 5.42. The van der Waals surface area contributed by atoms with E-state index in [0.29, 0.717) is 6.04 Å². The largest absolute Gasteiger partial charge is 0.378 e. The molecule has 1 aliphatic heterocycles. The summed E-state index contributed by atoms with van der Waals surface area (Å²) < 4.78 is 5.58. The summed E-state index contributed by atoms with van der Waals surface area (Å²) in [6.45, 7) is 9.09. The number of nitrogens with zero attached hydrogens (tertiary/aromatic N) is 1. The molecule has 1 aromatic rings. The first-order chi connectivity index (χ1) is 8.02. The van der Waals surface area contributed by atoms with Gasteiger partial charge in [0.25, 0.3) is 0 Å². The van der Waals surface area contributed by atoms with Gasteiger partial charge in [0.1, 0.15) is 0 Å². The van der Waals surface area contributed by atoms with Crippen LogP contribution < -0.4 is 5.73 Å². The first kappa shape index (κ1) is 13.0. The molecule has 0 bridgehead atoms. The number of rotatable bonds is 3. The zero-order chi connectivity index (χ0) is 12.5. The summed E-state index contributed by atoms with van der Waals surface area (Å²) in [4.78, 5) is 2.49. The van der Waals surface area contributed by atoms with Crippen molar-refractivity contribution in [3.05, 3.63) is 22.4 Å². The van der Waals surface area contributed by atoms with Gasteiger partial charge < -0.3 is 10.5 Å². The van der Waals surface area contributed by atoms with Gasteiger partial charge in [0.2, 0.25) is 0 Å². The minimum atomic E-state index is 0.0541. The summed E-state index contributed by atoms with van der Waals surface area (Å²) in [5, 5.41) is 4.33. The summed E-state index contributed by atoms with van der Waals surface area (Å²) in [5.74, 6) is 0. The van der Waals surface area contributed by atoms with Gasteiger partial charge in [-0.15, -0.1) is 0 Å². The Labute approximate surface area is 108 Å². The van der Waals surface area contributed by atoms with E-state index < -0.39 is 0 Å². The minimum Gasteiger partial charge on any atom is -0.378 e. The monoisotopic (exact) mass is 254 g/mol. The fraction of sp³-hybridized carbons (Fsp3) is 0.692. The van der Waals surface area contributed by atoms with Crippen LogP contribution in [0.15, 0.2) is 16.8 Å². The van der Waals surface area contributed by atoms with Crippen molar-refractivity contribution in [2.75, 3.05) is 19.8 Å². The Morgan fingerprint density at radius 3 is 2.82 bits per heavy atom. The lowest BCUT2D eigenvalue weighted by atomic mass is 9.93. The van der Waals surface area contributed by atoms with Gasteiger partial charge in [-0.3, -0.25) is 4.90 Å². The molecular formula is C13H22N2OS. The van der Waals surface area contributed by atoms with Gasteiger partial charge in [-0.05, 0) is 43.2 Å². The third kappa shape index (κ3) is 2.71. The van der Waals surface area contributed by atoms with Crippen molar-refractivity contribution in [2.45, 2.75) is 38.4 Å². The topological polar surface area (TPSA) is 38.5 Å². The molecule has 17 heavy (non-hydrogen) atoms. The van der Waals surface area contributed by atoms with Crippen LogP contribution in [0.2, 0.25) is 0 Å². The Bertz CT molecular complexity index is 348. The SMILES string of the molecule is CC(N)C(c1ccsc1)N1CCOCC1(C)C. The average Bonchev–Trinajstić information content (AvgIpc) is 2.73. The van der Waals surface area contributed by atoms with Crippen molar-refractivity contribution < 1.29 is 4.74 Å². The molecule has 0 aromatic carbocycles. The second-order valence-corrected chi connectivity index (χ2v) is 6.20. The molecule has 1 aliphatic rings. The molecule has 2 N–H and O–H groups in total. The first-order valence-electron chi connectivity index (χ1n) is 6.14. The molecule has 1 saturated heterocycles. The average molecular weight is 254 g/mol. The van der Waals surface area contributed by atoms with Crippen LogP contribution in [0.3, 0.4) is 0 Å². The summed E-state index contributed by atoms with van der Waals surface area (Å²) in [6.07, 6.45) is 0. The Morgan fingerprint density at radius 2 is 2.29 bits per heavy atom. The summed E-state index contributed by atoms with van der Waals surface area (Å²) in [6, 6.07) is 2.60. The molecule has 1 aromatic heterocycles. The molecule has 2 rings (SSSR count). The third-order valence-electron chi connectivity index (χ3n) is 3.43. The number of ether oxygens (including phenoxy) is 1. The van der Waals surface area contributed by atoms with Crippen molar-refractivity contribution in [3.63, 3.8) is 0 Å². The molecule has 4 heteroatoms. The maximum atomic E-state index is 6.20. The van der Waals surface area contributed by atoms with Gasteiger partial charge in [-0.2, -0.15) is 11.3 Å². The lowest BCUT2D eigenvalue weighted by Crippen LogP contribution is -2.57. The fourth-order valence-corrected chi connectivity index (χ4v) is 3.29.